The van der Waals surface area contributed by atoms with E-state index in [2.05, 4.69) is 21.2 Å². The van der Waals surface area contributed by atoms with Crippen molar-refractivity contribution in [2.24, 2.45) is 5.10 Å². The van der Waals surface area contributed by atoms with Gasteiger partial charge < -0.3 is 44.2 Å². The number of nitrogens with zero attached hydrogens (tertiary/aromatic N) is 1. The Bertz CT molecular complexity index is 1360. The van der Waals surface area contributed by atoms with Crippen LogP contribution >= 0.6 is 0 Å². The lowest BCUT2D eigenvalue weighted by molar-refractivity contribution is -0.145. The van der Waals surface area contributed by atoms with Gasteiger partial charge in [0, 0.05) is 5.70 Å². The first-order chi connectivity index (χ1) is 20.7. The van der Waals surface area contributed by atoms with Crippen molar-refractivity contribution in [3.8, 4) is 23.0 Å². The van der Waals surface area contributed by atoms with E-state index in [9.17, 15) is 19.5 Å². The third-order valence-electron chi connectivity index (χ3n) is 5.95. The molecule has 0 spiro atoms. The summed E-state index contributed by atoms with van der Waals surface area (Å²) in [5, 5.41) is 19.7. The van der Waals surface area contributed by atoms with Gasteiger partial charge in [-0.05, 0) is 62.2 Å². The molecule has 0 radical (unpaired) electrons. The minimum absolute atomic E-state index is 0.183. The molecule has 0 fully saturated rings. The lowest BCUT2D eigenvalue weighted by Crippen LogP contribution is -2.45. The zero-order valence-electron chi connectivity index (χ0n) is 24.6. The van der Waals surface area contributed by atoms with Crippen molar-refractivity contribution in [1.29, 1.82) is 0 Å². The molecular weight excluding hydrogens is 564 g/mol. The number of benzene rings is 2. The third kappa shape index (κ3) is 9.00. The van der Waals surface area contributed by atoms with E-state index in [0.29, 0.717) is 46.4 Å². The van der Waals surface area contributed by atoms with Crippen LogP contribution in [-0.4, -0.2) is 76.2 Å². The van der Waals surface area contributed by atoms with E-state index < -0.39 is 30.2 Å². The minimum Gasteiger partial charge on any atom is -0.493 e. The van der Waals surface area contributed by atoms with E-state index in [1.165, 1.54) is 20.4 Å². The fourth-order valence-electron chi connectivity index (χ4n) is 4.04. The second-order valence-corrected chi connectivity index (χ2v) is 8.92. The molecule has 232 valence electrons. The number of aliphatic hydroxyl groups excluding tert-OH is 1. The molecule has 0 saturated heterocycles. The van der Waals surface area contributed by atoms with Crippen molar-refractivity contribution < 1.29 is 47.9 Å². The summed E-state index contributed by atoms with van der Waals surface area (Å²) in [4.78, 5) is 36.1. The molecule has 0 bridgehead atoms. The first-order valence-electron chi connectivity index (χ1n) is 13.4. The molecule has 2 atom stereocenters. The average Bonchev–Trinajstić information content (AvgIpc) is 2.99. The van der Waals surface area contributed by atoms with E-state index in [0.717, 1.165) is 0 Å². The molecule has 0 aliphatic carbocycles. The first-order valence-corrected chi connectivity index (χ1v) is 13.4. The highest BCUT2D eigenvalue weighted by molar-refractivity contribution is 5.95. The number of methoxy groups -OCH3 is 2. The summed E-state index contributed by atoms with van der Waals surface area (Å²) in [5.41, 5.74) is 4.41. The van der Waals surface area contributed by atoms with Gasteiger partial charge in [0.05, 0.1) is 45.3 Å². The van der Waals surface area contributed by atoms with E-state index in [4.69, 9.17) is 28.4 Å². The number of carbonyl (C=O) groups is 3. The summed E-state index contributed by atoms with van der Waals surface area (Å²) in [7, 11) is 2.73. The number of hydrogen-bond donors (Lipinski definition) is 4. The van der Waals surface area contributed by atoms with Gasteiger partial charge in [0.15, 0.2) is 35.8 Å². The number of allylic oxidation sites excluding steroid dienone is 1. The average molecular weight is 601 g/mol. The summed E-state index contributed by atoms with van der Waals surface area (Å²) in [6.07, 6.45) is 0.280. The molecular formula is C29H36N4O10. The molecule has 0 saturated carbocycles. The van der Waals surface area contributed by atoms with Gasteiger partial charge in [-0.2, -0.15) is 5.10 Å². The minimum atomic E-state index is -1.18. The van der Waals surface area contributed by atoms with Crippen LogP contribution in [0, 0.1) is 0 Å². The summed E-state index contributed by atoms with van der Waals surface area (Å²) >= 11 is 0. The highest BCUT2D eigenvalue weighted by Gasteiger charge is 2.32. The normalized spacial score (nSPS) is 15.2. The van der Waals surface area contributed by atoms with Gasteiger partial charge in [-0.25, -0.2) is 14.4 Å². The highest BCUT2D eigenvalue weighted by Crippen LogP contribution is 2.35. The topological polar surface area (TPSA) is 175 Å². The maximum Gasteiger partial charge on any atom is 0.344 e. The molecule has 43 heavy (non-hydrogen) atoms. The van der Waals surface area contributed by atoms with E-state index in [1.807, 2.05) is 0 Å². The van der Waals surface area contributed by atoms with Gasteiger partial charge in [0.1, 0.15) is 6.61 Å². The number of amides is 2. The highest BCUT2D eigenvalue weighted by atomic mass is 16.6. The number of aliphatic hydroxyl groups is 1. The fourth-order valence-corrected chi connectivity index (χ4v) is 4.04. The quantitative estimate of drug-likeness (QED) is 0.102. The Balaban J connectivity index is 1.63. The third-order valence-corrected chi connectivity index (χ3v) is 5.95. The maximum atomic E-state index is 12.4. The van der Waals surface area contributed by atoms with Crippen molar-refractivity contribution >= 4 is 24.2 Å². The predicted molar refractivity (Wildman–Crippen MR) is 154 cm³/mol. The van der Waals surface area contributed by atoms with E-state index >= 15 is 0 Å². The van der Waals surface area contributed by atoms with E-state index in [1.54, 1.807) is 57.2 Å². The largest absolute Gasteiger partial charge is 0.493 e. The molecule has 1 aliphatic rings. The van der Waals surface area contributed by atoms with Gasteiger partial charge >= 0.3 is 18.0 Å². The van der Waals surface area contributed by atoms with Crippen LogP contribution < -0.4 is 35.0 Å². The lowest BCUT2D eigenvalue weighted by atomic mass is 9.95. The number of carbonyl (C=O) groups excluding carboxylic acids is 3. The van der Waals surface area contributed by atoms with Crippen LogP contribution in [0.15, 0.2) is 52.8 Å². The van der Waals surface area contributed by atoms with Crippen LogP contribution in [-0.2, 0) is 19.1 Å². The Hall–Kier alpha value is -4.98. The molecule has 1 heterocycles. The molecule has 0 unspecified atom stereocenters. The summed E-state index contributed by atoms with van der Waals surface area (Å²) in [6.45, 7) is 5.26. The molecule has 14 nitrogen and oxygen atoms in total. The van der Waals surface area contributed by atoms with Crippen molar-refractivity contribution in [2.45, 2.75) is 33.0 Å². The molecule has 3 rings (SSSR count). The Kier molecular flexibility index (Phi) is 12.0. The number of esters is 2. The van der Waals surface area contributed by atoms with E-state index in [-0.39, 0.29) is 25.4 Å². The number of ether oxygens (including phenoxy) is 6. The summed E-state index contributed by atoms with van der Waals surface area (Å²) < 4.78 is 32.0. The number of hydrazone groups is 1. The summed E-state index contributed by atoms with van der Waals surface area (Å²) in [5.74, 6) is 0.356. The smallest absolute Gasteiger partial charge is 0.344 e. The molecule has 2 aromatic carbocycles. The molecule has 2 amide bonds. The Morgan fingerprint density at radius 3 is 2.47 bits per heavy atom. The van der Waals surface area contributed by atoms with Gasteiger partial charge in [-0.3, -0.25) is 5.43 Å². The lowest BCUT2D eigenvalue weighted by Gasteiger charge is -2.28. The number of rotatable bonds is 15. The van der Waals surface area contributed by atoms with Gasteiger partial charge in [-0.15, -0.1) is 0 Å². The Labute approximate surface area is 248 Å². The second-order valence-electron chi connectivity index (χ2n) is 8.92. The second kappa shape index (κ2) is 15.9. The molecule has 1 aliphatic heterocycles. The van der Waals surface area contributed by atoms with Crippen molar-refractivity contribution in [3.63, 3.8) is 0 Å². The van der Waals surface area contributed by atoms with Crippen molar-refractivity contribution in [2.75, 3.05) is 40.6 Å². The van der Waals surface area contributed by atoms with Crippen LogP contribution in [0.3, 0.4) is 0 Å². The standard InChI is InChI=1S/C29H36N4O10/c1-6-40-23-13-19(27-26(28(36)39-5)17(3)31-29(37)32-27)9-11-21(23)42-15-24(34)33-30-14-18-8-10-20(22(12-18)38-4)43-16-25(35)41-7-2/h8-14,24,27,33-34H,6-7,15-16H2,1-5H3,(H2,31,32,37)/b30-14-/t24-,27-/m1/s1. The predicted octanol–water partition coefficient (Wildman–Crippen LogP) is 2.16. The zero-order chi connectivity index (χ0) is 31.4. The van der Waals surface area contributed by atoms with Gasteiger partial charge in [0.25, 0.3) is 0 Å². The van der Waals surface area contributed by atoms with Crippen molar-refractivity contribution in [1.82, 2.24) is 16.1 Å². The SMILES string of the molecule is CCOC(=O)COc1ccc(/C=N\N[C@H](O)COc2ccc([C@H]3NC(=O)NC(C)=C3C(=O)OC)cc2OCC)cc1OC. The van der Waals surface area contributed by atoms with Crippen LogP contribution in [0.2, 0.25) is 0 Å². The Morgan fingerprint density at radius 2 is 1.77 bits per heavy atom. The van der Waals surface area contributed by atoms with Crippen LogP contribution in [0.25, 0.3) is 0 Å². The van der Waals surface area contributed by atoms with Gasteiger partial charge in [0.2, 0.25) is 0 Å². The number of urea groups is 1. The Morgan fingerprint density at radius 1 is 1.02 bits per heavy atom. The summed E-state index contributed by atoms with van der Waals surface area (Å²) in [6, 6.07) is 8.68. The van der Waals surface area contributed by atoms with Crippen LogP contribution in [0.4, 0.5) is 4.79 Å². The monoisotopic (exact) mass is 600 g/mol. The van der Waals surface area contributed by atoms with Gasteiger partial charge in [-0.1, -0.05) is 6.07 Å². The van der Waals surface area contributed by atoms with Crippen LogP contribution in [0.5, 0.6) is 23.0 Å². The van der Waals surface area contributed by atoms with Crippen molar-refractivity contribution in [3.05, 3.63) is 58.8 Å². The number of nitrogens with one attached hydrogen (secondary N) is 3. The first kappa shape index (κ1) is 32.5. The maximum absolute atomic E-state index is 12.4. The molecule has 2 aromatic rings. The molecule has 0 aromatic heterocycles. The fraction of sp³-hybridized carbons (Fsp3) is 0.379. The zero-order valence-corrected chi connectivity index (χ0v) is 24.6. The van der Waals surface area contributed by atoms with Crippen LogP contribution in [0.1, 0.15) is 37.9 Å². The molecule has 4 N–H and O–H groups in total. The number of hydrogen-bond acceptors (Lipinski definition) is 12. The molecule has 14 heteroatoms.